The van der Waals surface area contributed by atoms with Crippen molar-refractivity contribution in [3.8, 4) is 0 Å². The molecule has 1 aromatic carbocycles. The number of nitrogens with two attached hydrogens (primary N) is 1. The summed E-state index contributed by atoms with van der Waals surface area (Å²) in [5, 5.41) is 0.860. The highest BCUT2D eigenvalue weighted by molar-refractivity contribution is 6.31. The number of nitrogens with zero attached hydrogens (tertiary/aromatic N) is 1. The van der Waals surface area contributed by atoms with Crippen molar-refractivity contribution in [2.45, 2.75) is 39.2 Å². The predicted molar refractivity (Wildman–Crippen MR) is 84.6 cm³/mol. The van der Waals surface area contributed by atoms with Crippen LogP contribution in [0.1, 0.15) is 44.7 Å². The van der Waals surface area contributed by atoms with Crippen LogP contribution >= 0.6 is 11.6 Å². The molecule has 2 unspecified atom stereocenters. The molecule has 108 valence electrons. The zero-order valence-corrected chi connectivity index (χ0v) is 13.2. The molecule has 0 aliphatic rings. The molecule has 0 fully saturated rings. The lowest BCUT2D eigenvalue weighted by Crippen LogP contribution is -2.24. The van der Waals surface area contributed by atoms with Gasteiger partial charge in [-0.2, -0.15) is 0 Å². The first-order valence-electron chi connectivity index (χ1n) is 7.21. The molecule has 0 aromatic heterocycles. The zero-order valence-electron chi connectivity index (χ0n) is 12.4. The minimum atomic E-state index is 0.360. The molecule has 0 saturated carbocycles. The molecule has 0 radical (unpaired) electrons. The molecule has 1 rings (SSSR count). The van der Waals surface area contributed by atoms with Crippen molar-refractivity contribution in [3.05, 3.63) is 34.9 Å². The smallest absolute Gasteiger partial charge is 0.0453 e. The van der Waals surface area contributed by atoms with E-state index in [9.17, 15) is 0 Å². The molecular formula is C16H27ClN2. The van der Waals surface area contributed by atoms with Gasteiger partial charge < -0.3 is 5.73 Å². The fourth-order valence-corrected chi connectivity index (χ4v) is 2.66. The fraction of sp³-hybridized carbons (Fsp3) is 0.625. The molecule has 1 aromatic rings. The first-order chi connectivity index (χ1) is 9.06. The zero-order chi connectivity index (χ0) is 14.3. The van der Waals surface area contributed by atoms with E-state index in [1.165, 1.54) is 18.4 Å². The monoisotopic (exact) mass is 282 g/mol. The Morgan fingerprint density at radius 2 is 1.89 bits per heavy atom. The van der Waals surface area contributed by atoms with Gasteiger partial charge in [0.05, 0.1) is 0 Å². The van der Waals surface area contributed by atoms with Crippen LogP contribution in [0, 0.1) is 5.92 Å². The van der Waals surface area contributed by atoms with Crippen molar-refractivity contribution in [2.75, 3.05) is 20.1 Å². The average Bonchev–Trinajstić information content (AvgIpc) is 2.38. The second-order valence-corrected chi connectivity index (χ2v) is 5.91. The summed E-state index contributed by atoms with van der Waals surface area (Å²) >= 11 is 6.25. The van der Waals surface area contributed by atoms with Crippen LogP contribution in [0.4, 0.5) is 0 Å². The molecule has 2 N–H and O–H groups in total. The largest absolute Gasteiger partial charge is 0.330 e. The van der Waals surface area contributed by atoms with E-state index in [4.69, 9.17) is 17.3 Å². The van der Waals surface area contributed by atoms with Crippen LogP contribution in [-0.4, -0.2) is 25.0 Å². The standard InChI is InChI=1S/C16H27ClN2/c1-13(10-11-18)7-6-12-19(3)14(2)15-8-4-5-9-16(15)17/h4-5,8-9,13-14H,6-7,10-12,18H2,1-3H3. The van der Waals surface area contributed by atoms with Gasteiger partial charge in [0.2, 0.25) is 0 Å². The third-order valence-corrected chi connectivity index (χ3v) is 4.23. The van der Waals surface area contributed by atoms with E-state index in [0.717, 1.165) is 30.5 Å². The van der Waals surface area contributed by atoms with Gasteiger partial charge in [0.1, 0.15) is 0 Å². The van der Waals surface area contributed by atoms with Crippen molar-refractivity contribution in [1.82, 2.24) is 4.90 Å². The van der Waals surface area contributed by atoms with E-state index in [2.05, 4.69) is 37.9 Å². The highest BCUT2D eigenvalue weighted by Gasteiger charge is 2.14. The number of rotatable bonds is 8. The van der Waals surface area contributed by atoms with Crippen LogP contribution in [0.5, 0.6) is 0 Å². The summed E-state index contributed by atoms with van der Waals surface area (Å²) in [5.74, 6) is 0.731. The van der Waals surface area contributed by atoms with Crippen molar-refractivity contribution >= 4 is 11.6 Å². The molecule has 0 amide bonds. The molecular weight excluding hydrogens is 256 g/mol. The summed E-state index contributed by atoms with van der Waals surface area (Å²) in [6.07, 6.45) is 3.59. The Kier molecular flexibility index (Phi) is 7.44. The van der Waals surface area contributed by atoms with Gasteiger partial charge >= 0.3 is 0 Å². The molecule has 0 bridgehead atoms. The molecule has 0 aliphatic heterocycles. The van der Waals surface area contributed by atoms with E-state index < -0.39 is 0 Å². The lowest BCUT2D eigenvalue weighted by Gasteiger charge is -2.26. The van der Waals surface area contributed by atoms with Crippen LogP contribution in [0.15, 0.2) is 24.3 Å². The Labute approximate surface area is 122 Å². The Morgan fingerprint density at radius 3 is 2.53 bits per heavy atom. The summed E-state index contributed by atoms with van der Waals surface area (Å²) in [6, 6.07) is 8.46. The normalized spacial score (nSPS) is 14.6. The third kappa shape index (κ3) is 5.52. The van der Waals surface area contributed by atoms with Gasteiger partial charge in [-0.15, -0.1) is 0 Å². The molecule has 3 heteroatoms. The van der Waals surface area contributed by atoms with E-state index >= 15 is 0 Å². The van der Waals surface area contributed by atoms with Gasteiger partial charge in [-0.05, 0) is 63.9 Å². The summed E-state index contributed by atoms with van der Waals surface area (Å²) in [4.78, 5) is 2.37. The van der Waals surface area contributed by atoms with Gasteiger partial charge in [-0.25, -0.2) is 0 Å². The van der Waals surface area contributed by atoms with Crippen LogP contribution < -0.4 is 5.73 Å². The van der Waals surface area contributed by atoms with E-state index in [1.807, 2.05) is 12.1 Å². The molecule has 0 aliphatic carbocycles. The van der Waals surface area contributed by atoms with Gasteiger partial charge in [0, 0.05) is 11.1 Å². The first-order valence-corrected chi connectivity index (χ1v) is 7.58. The third-order valence-electron chi connectivity index (χ3n) is 3.88. The van der Waals surface area contributed by atoms with Gasteiger partial charge in [0.25, 0.3) is 0 Å². The molecule has 0 spiro atoms. The van der Waals surface area contributed by atoms with E-state index in [-0.39, 0.29) is 0 Å². The van der Waals surface area contributed by atoms with Crippen molar-refractivity contribution in [3.63, 3.8) is 0 Å². The fourth-order valence-electron chi connectivity index (χ4n) is 2.36. The highest BCUT2D eigenvalue weighted by atomic mass is 35.5. The molecule has 2 nitrogen and oxygen atoms in total. The van der Waals surface area contributed by atoms with Crippen molar-refractivity contribution < 1.29 is 0 Å². The Bertz CT molecular complexity index is 368. The van der Waals surface area contributed by atoms with Gasteiger partial charge in [0.15, 0.2) is 0 Å². The SMILES string of the molecule is CC(CCN)CCCN(C)C(C)c1ccccc1Cl. The maximum atomic E-state index is 6.25. The topological polar surface area (TPSA) is 29.3 Å². The second kappa shape index (κ2) is 8.57. The average molecular weight is 283 g/mol. The summed E-state index contributed by atoms with van der Waals surface area (Å²) in [6.45, 7) is 6.39. The van der Waals surface area contributed by atoms with E-state index in [1.54, 1.807) is 0 Å². The first kappa shape index (κ1) is 16.5. The highest BCUT2D eigenvalue weighted by Crippen LogP contribution is 2.26. The van der Waals surface area contributed by atoms with Crippen molar-refractivity contribution in [1.29, 1.82) is 0 Å². The maximum Gasteiger partial charge on any atom is 0.0453 e. The Hall–Kier alpha value is -0.570. The summed E-state index contributed by atoms with van der Waals surface area (Å²) in [5.41, 5.74) is 6.79. The summed E-state index contributed by atoms with van der Waals surface area (Å²) in [7, 11) is 2.17. The number of hydrogen-bond acceptors (Lipinski definition) is 2. The number of halogens is 1. The minimum Gasteiger partial charge on any atom is -0.330 e. The van der Waals surface area contributed by atoms with Crippen LogP contribution in [-0.2, 0) is 0 Å². The minimum absolute atomic E-state index is 0.360. The van der Waals surface area contributed by atoms with Crippen LogP contribution in [0.3, 0.4) is 0 Å². The van der Waals surface area contributed by atoms with Gasteiger partial charge in [-0.3, -0.25) is 4.90 Å². The number of benzene rings is 1. The van der Waals surface area contributed by atoms with Crippen LogP contribution in [0.2, 0.25) is 5.02 Å². The quantitative estimate of drug-likeness (QED) is 0.778. The van der Waals surface area contributed by atoms with Crippen molar-refractivity contribution in [2.24, 2.45) is 11.7 Å². The van der Waals surface area contributed by atoms with E-state index in [0.29, 0.717) is 6.04 Å². The molecule has 2 atom stereocenters. The number of hydrogen-bond donors (Lipinski definition) is 1. The molecule has 0 heterocycles. The lowest BCUT2D eigenvalue weighted by molar-refractivity contribution is 0.249. The maximum absolute atomic E-state index is 6.25. The lowest BCUT2D eigenvalue weighted by atomic mass is 10.0. The Morgan fingerprint density at radius 1 is 1.21 bits per heavy atom. The Balaban J connectivity index is 2.41. The summed E-state index contributed by atoms with van der Waals surface area (Å²) < 4.78 is 0. The second-order valence-electron chi connectivity index (χ2n) is 5.50. The molecule has 19 heavy (non-hydrogen) atoms. The predicted octanol–water partition coefficient (Wildman–Crippen LogP) is 4.10. The molecule has 0 saturated heterocycles. The van der Waals surface area contributed by atoms with Gasteiger partial charge in [-0.1, -0.05) is 36.7 Å². The van der Waals surface area contributed by atoms with Crippen LogP contribution in [0.25, 0.3) is 0 Å².